The van der Waals surface area contributed by atoms with Crippen molar-refractivity contribution in [3.8, 4) is 0 Å². The van der Waals surface area contributed by atoms with Gasteiger partial charge in [0.1, 0.15) is 0 Å². The fraction of sp³-hybridized carbons (Fsp3) is 0.294. The Balaban J connectivity index is 1.69. The highest BCUT2D eigenvalue weighted by molar-refractivity contribution is 5.33. The summed E-state index contributed by atoms with van der Waals surface area (Å²) in [6.45, 7) is 0. The molecule has 0 amide bonds. The van der Waals surface area contributed by atoms with Crippen molar-refractivity contribution in [3.63, 3.8) is 0 Å². The van der Waals surface area contributed by atoms with Gasteiger partial charge in [0.05, 0.1) is 0 Å². The molecule has 2 N–H and O–H groups in total. The summed E-state index contributed by atoms with van der Waals surface area (Å²) in [6.07, 6.45) is 2.53. The van der Waals surface area contributed by atoms with Crippen LogP contribution in [0.1, 0.15) is 16.7 Å². The van der Waals surface area contributed by atoms with Gasteiger partial charge in [-0.15, -0.1) is 0 Å². The van der Waals surface area contributed by atoms with Gasteiger partial charge in [-0.1, -0.05) is 30.3 Å². The van der Waals surface area contributed by atoms with Gasteiger partial charge in [0.2, 0.25) is 0 Å². The van der Waals surface area contributed by atoms with Crippen molar-refractivity contribution in [2.75, 3.05) is 0 Å². The molecule has 3 rings (SSSR count). The fourth-order valence-electron chi connectivity index (χ4n) is 3.00. The van der Waals surface area contributed by atoms with Gasteiger partial charge in [0.15, 0.2) is 11.6 Å². The molecule has 1 nitrogen and oxygen atoms in total. The average Bonchev–Trinajstić information content (AvgIpc) is 2.87. The SMILES string of the molecule is NC(Cc1ccc(F)c(F)c1)C1Cc2ccccc2C1. The molecule has 2 aromatic carbocycles. The van der Waals surface area contributed by atoms with E-state index in [9.17, 15) is 8.78 Å². The number of rotatable bonds is 3. The van der Waals surface area contributed by atoms with E-state index in [2.05, 4.69) is 12.1 Å². The number of nitrogens with two attached hydrogens (primary N) is 1. The van der Waals surface area contributed by atoms with Crippen LogP contribution in [0.5, 0.6) is 0 Å². The quantitative estimate of drug-likeness (QED) is 0.912. The molecule has 0 radical (unpaired) electrons. The second kappa shape index (κ2) is 5.33. The average molecular weight is 273 g/mol. The van der Waals surface area contributed by atoms with Gasteiger partial charge in [-0.2, -0.15) is 0 Å². The molecule has 0 fully saturated rings. The summed E-state index contributed by atoms with van der Waals surface area (Å²) in [5, 5.41) is 0. The van der Waals surface area contributed by atoms with Crippen LogP contribution in [-0.4, -0.2) is 6.04 Å². The van der Waals surface area contributed by atoms with Crippen LogP contribution < -0.4 is 5.73 Å². The first-order valence-electron chi connectivity index (χ1n) is 6.90. The van der Waals surface area contributed by atoms with Gasteiger partial charge in [-0.25, -0.2) is 8.78 Å². The lowest BCUT2D eigenvalue weighted by atomic mass is 9.92. The van der Waals surface area contributed by atoms with E-state index >= 15 is 0 Å². The highest BCUT2D eigenvalue weighted by atomic mass is 19.2. The smallest absolute Gasteiger partial charge is 0.159 e. The number of hydrogen-bond acceptors (Lipinski definition) is 1. The third kappa shape index (κ3) is 2.59. The van der Waals surface area contributed by atoms with Crippen LogP contribution in [0.4, 0.5) is 8.78 Å². The Hall–Kier alpha value is -1.74. The summed E-state index contributed by atoms with van der Waals surface area (Å²) in [4.78, 5) is 0. The summed E-state index contributed by atoms with van der Waals surface area (Å²) < 4.78 is 26.1. The Morgan fingerprint density at radius 1 is 1.00 bits per heavy atom. The molecule has 0 heterocycles. The van der Waals surface area contributed by atoms with Crippen LogP contribution >= 0.6 is 0 Å². The molecule has 0 aliphatic heterocycles. The lowest BCUT2D eigenvalue weighted by molar-refractivity contribution is 0.435. The normalized spacial score (nSPS) is 16.1. The monoisotopic (exact) mass is 273 g/mol. The van der Waals surface area contributed by atoms with Gasteiger partial charge < -0.3 is 5.73 Å². The summed E-state index contributed by atoms with van der Waals surface area (Å²) in [5.41, 5.74) is 9.74. The number of hydrogen-bond donors (Lipinski definition) is 1. The first kappa shape index (κ1) is 13.3. The maximum absolute atomic E-state index is 13.2. The predicted molar refractivity (Wildman–Crippen MR) is 75.4 cm³/mol. The van der Waals surface area contributed by atoms with Crippen molar-refractivity contribution < 1.29 is 8.78 Å². The first-order valence-corrected chi connectivity index (χ1v) is 6.90. The zero-order valence-electron chi connectivity index (χ0n) is 11.2. The van der Waals surface area contributed by atoms with Gasteiger partial charge in [0, 0.05) is 6.04 Å². The zero-order valence-corrected chi connectivity index (χ0v) is 11.2. The maximum atomic E-state index is 13.2. The minimum absolute atomic E-state index is 0.0349. The molecule has 0 spiro atoms. The van der Waals surface area contributed by atoms with Crippen molar-refractivity contribution in [2.24, 2.45) is 11.7 Å². The molecule has 0 aromatic heterocycles. The molecule has 1 aliphatic carbocycles. The van der Waals surface area contributed by atoms with Crippen molar-refractivity contribution >= 4 is 0 Å². The molecule has 1 unspecified atom stereocenters. The van der Waals surface area contributed by atoms with Gasteiger partial charge >= 0.3 is 0 Å². The summed E-state index contributed by atoms with van der Waals surface area (Å²) in [5.74, 6) is -1.24. The molecule has 20 heavy (non-hydrogen) atoms. The van der Waals surface area contributed by atoms with Crippen molar-refractivity contribution in [3.05, 3.63) is 70.8 Å². The lowest BCUT2D eigenvalue weighted by Crippen LogP contribution is -2.32. The largest absolute Gasteiger partial charge is 0.327 e. The Bertz CT molecular complexity index is 599. The molecule has 2 aromatic rings. The van der Waals surface area contributed by atoms with Crippen molar-refractivity contribution in [1.82, 2.24) is 0 Å². The Morgan fingerprint density at radius 2 is 1.65 bits per heavy atom. The van der Waals surface area contributed by atoms with Crippen LogP contribution in [0.2, 0.25) is 0 Å². The van der Waals surface area contributed by atoms with E-state index in [-0.39, 0.29) is 6.04 Å². The van der Waals surface area contributed by atoms with Gasteiger partial charge in [-0.05, 0) is 54.0 Å². The molecule has 1 aliphatic rings. The fourth-order valence-corrected chi connectivity index (χ4v) is 3.00. The highest BCUT2D eigenvalue weighted by Gasteiger charge is 2.26. The van der Waals surface area contributed by atoms with E-state index in [4.69, 9.17) is 5.73 Å². The maximum Gasteiger partial charge on any atom is 0.159 e. The third-order valence-corrected chi connectivity index (χ3v) is 4.14. The highest BCUT2D eigenvalue weighted by Crippen LogP contribution is 2.29. The van der Waals surface area contributed by atoms with E-state index in [1.165, 1.54) is 23.3 Å². The first-order chi connectivity index (χ1) is 9.63. The number of fused-ring (bicyclic) bond motifs is 1. The second-order valence-corrected chi connectivity index (χ2v) is 5.55. The van der Waals surface area contributed by atoms with Crippen LogP contribution in [0.15, 0.2) is 42.5 Å². The zero-order chi connectivity index (χ0) is 14.1. The summed E-state index contributed by atoms with van der Waals surface area (Å²) >= 11 is 0. The molecule has 104 valence electrons. The summed E-state index contributed by atoms with van der Waals surface area (Å²) in [7, 11) is 0. The number of halogens is 2. The predicted octanol–water partition coefficient (Wildman–Crippen LogP) is 3.25. The van der Waals surface area contributed by atoms with E-state index in [0.29, 0.717) is 12.3 Å². The molecule has 0 bridgehead atoms. The van der Waals surface area contributed by atoms with Crippen LogP contribution in [0.25, 0.3) is 0 Å². The van der Waals surface area contributed by atoms with E-state index in [0.717, 1.165) is 18.4 Å². The van der Waals surface area contributed by atoms with Gasteiger partial charge in [-0.3, -0.25) is 0 Å². The van der Waals surface area contributed by atoms with Crippen LogP contribution in [0, 0.1) is 17.6 Å². The van der Waals surface area contributed by atoms with Crippen LogP contribution in [0.3, 0.4) is 0 Å². The minimum atomic E-state index is -0.810. The van der Waals surface area contributed by atoms with Crippen LogP contribution in [-0.2, 0) is 19.3 Å². The Kier molecular flexibility index (Phi) is 3.53. The standard InChI is InChI=1S/C17H17F2N/c18-15-6-5-11(7-16(15)19)8-17(20)14-9-12-3-1-2-4-13(12)10-14/h1-7,14,17H,8-10,20H2. The van der Waals surface area contributed by atoms with E-state index in [1.54, 1.807) is 6.07 Å². The minimum Gasteiger partial charge on any atom is -0.327 e. The van der Waals surface area contributed by atoms with Crippen molar-refractivity contribution in [2.45, 2.75) is 25.3 Å². The summed E-state index contributed by atoms with van der Waals surface area (Å²) in [6, 6.07) is 12.4. The molecule has 0 saturated carbocycles. The lowest BCUT2D eigenvalue weighted by Gasteiger charge is -2.19. The molecular formula is C17H17F2N. The second-order valence-electron chi connectivity index (χ2n) is 5.55. The Labute approximate surface area is 117 Å². The van der Waals surface area contributed by atoms with E-state index in [1.807, 2.05) is 12.1 Å². The molecule has 1 atom stereocenters. The molecule has 3 heteroatoms. The molecule has 0 saturated heterocycles. The third-order valence-electron chi connectivity index (χ3n) is 4.14. The number of benzene rings is 2. The Morgan fingerprint density at radius 3 is 2.25 bits per heavy atom. The molecular weight excluding hydrogens is 256 g/mol. The topological polar surface area (TPSA) is 26.0 Å². The van der Waals surface area contributed by atoms with E-state index < -0.39 is 11.6 Å². The van der Waals surface area contributed by atoms with Gasteiger partial charge in [0.25, 0.3) is 0 Å². The van der Waals surface area contributed by atoms with Crippen molar-refractivity contribution in [1.29, 1.82) is 0 Å².